The van der Waals surface area contributed by atoms with Gasteiger partial charge in [-0.05, 0) is 31.4 Å². The molecule has 0 amide bonds. The number of nitrogens with zero attached hydrogens (tertiary/aromatic N) is 5. The molecule has 0 saturated carbocycles. The third-order valence-corrected chi connectivity index (χ3v) is 4.96. The van der Waals surface area contributed by atoms with Crippen molar-refractivity contribution in [2.45, 2.75) is 24.8 Å². The molecule has 4 aromatic heterocycles. The van der Waals surface area contributed by atoms with Crippen molar-refractivity contribution in [3.8, 4) is 10.8 Å². The summed E-state index contributed by atoms with van der Waals surface area (Å²) >= 11 is 3.13. The van der Waals surface area contributed by atoms with Gasteiger partial charge in [-0.1, -0.05) is 17.8 Å². The van der Waals surface area contributed by atoms with Crippen LogP contribution in [0.4, 0.5) is 0 Å². The summed E-state index contributed by atoms with van der Waals surface area (Å²) < 4.78 is 7.28. The van der Waals surface area contributed by atoms with Gasteiger partial charge in [0.1, 0.15) is 6.26 Å². The van der Waals surface area contributed by atoms with Gasteiger partial charge in [0, 0.05) is 17.1 Å². The first-order valence-electron chi connectivity index (χ1n) is 7.01. The number of fused-ring (bicyclic) bond motifs is 1. The smallest absolute Gasteiger partial charge is 0.253 e. The summed E-state index contributed by atoms with van der Waals surface area (Å²) in [4.78, 5) is 14.4. The molecule has 0 aromatic carbocycles. The molecule has 0 aliphatic carbocycles. The van der Waals surface area contributed by atoms with Gasteiger partial charge in [-0.3, -0.25) is 0 Å². The molecule has 0 saturated heterocycles. The van der Waals surface area contributed by atoms with Gasteiger partial charge in [0.05, 0.1) is 10.6 Å². The Morgan fingerprint density at radius 2 is 2.17 bits per heavy atom. The second-order valence-electron chi connectivity index (χ2n) is 5.06. The third-order valence-electron chi connectivity index (χ3n) is 3.23. The second kappa shape index (κ2) is 5.78. The highest BCUT2D eigenvalue weighted by atomic mass is 32.2. The van der Waals surface area contributed by atoms with Crippen LogP contribution in [0.1, 0.15) is 17.1 Å². The van der Waals surface area contributed by atoms with Gasteiger partial charge < -0.3 is 4.42 Å². The lowest BCUT2D eigenvalue weighted by Gasteiger charge is -1.97. The molecular formula is C15H13N5OS2. The quantitative estimate of drug-likeness (QED) is 0.526. The zero-order chi connectivity index (χ0) is 15.8. The van der Waals surface area contributed by atoms with Gasteiger partial charge in [-0.25, -0.2) is 14.5 Å². The molecule has 8 heteroatoms. The number of hydrogen-bond donors (Lipinski definition) is 0. The molecule has 0 aliphatic heterocycles. The van der Waals surface area contributed by atoms with E-state index in [1.54, 1.807) is 22.1 Å². The number of thiophene rings is 1. The van der Waals surface area contributed by atoms with Crippen LogP contribution in [0.3, 0.4) is 0 Å². The minimum absolute atomic E-state index is 0.629. The summed E-state index contributed by atoms with van der Waals surface area (Å²) in [5, 5.41) is 7.17. The first-order valence-corrected chi connectivity index (χ1v) is 8.88. The molecule has 116 valence electrons. The molecule has 0 aliphatic rings. The van der Waals surface area contributed by atoms with Gasteiger partial charge in [-0.2, -0.15) is 4.98 Å². The lowest BCUT2D eigenvalue weighted by Crippen LogP contribution is -1.97. The van der Waals surface area contributed by atoms with E-state index in [2.05, 4.69) is 20.1 Å². The molecule has 0 N–H and O–H groups in total. The summed E-state index contributed by atoms with van der Waals surface area (Å²) in [5.41, 5.74) is 2.84. The zero-order valence-electron chi connectivity index (χ0n) is 12.6. The van der Waals surface area contributed by atoms with Crippen LogP contribution in [0, 0.1) is 13.8 Å². The van der Waals surface area contributed by atoms with Crippen LogP contribution in [-0.4, -0.2) is 24.6 Å². The van der Waals surface area contributed by atoms with Crippen molar-refractivity contribution in [3.63, 3.8) is 0 Å². The van der Waals surface area contributed by atoms with E-state index in [0.717, 1.165) is 22.0 Å². The van der Waals surface area contributed by atoms with E-state index in [1.807, 2.05) is 37.4 Å². The van der Waals surface area contributed by atoms with E-state index in [4.69, 9.17) is 4.42 Å². The van der Waals surface area contributed by atoms with Crippen molar-refractivity contribution in [2.75, 3.05) is 0 Å². The average molecular weight is 343 g/mol. The monoisotopic (exact) mass is 343 g/mol. The van der Waals surface area contributed by atoms with E-state index in [0.29, 0.717) is 22.6 Å². The van der Waals surface area contributed by atoms with Crippen LogP contribution >= 0.6 is 23.1 Å². The molecule has 0 unspecified atom stereocenters. The highest BCUT2D eigenvalue weighted by molar-refractivity contribution is 7.98. The Morgan fingerprint density at radius 1 is 1.26 bits per heavy atom. The molecule has 4 aromatic rings. The number of rotatable bonds is 4. The molecule has 4 heterocycles. The lowest BCUT2D eigenvalue weighted by molar-refractivity contribution is 0.575. The van der Waals surface area contributed by atoms with Crippen LogP contribution in [0.15, 0.2) is 39.4 Å². The summed E-state index contributed by atoms with van der Waals surface area (Å²) in [7, 11) is 0. The number of hydrogen-bond acceptors (Lipinski definition) is 7. The highest BCUT2D eigenvalue weighted by Gasteiger charge is 2.11. The largest absolute Gasteiger partial charge is 0.444 e. The van der Waals surface area contributed by atoms with Crippen molar-refractivity contribution < 1.29 is 4.42 Å². The Balaban J connectivity index is 1.52. The van der Waals surface area contributed by atoms with Crippen molar-refractivity contribution in [1.82, 2.24) is 24.6 Å². The van der Waals surface area contributed by atoms with Crippen LogP contribution in [-0.2, 0) is 5.75 Å². The summed E-state index contributed by atoms with van der Waals surface area (Å²) in [6.07, 6.45) is 1.69. The zero-order valence-corrected chi connectivity index (χ0v) is 14.2. The summed E-state index contributed by atoms with van der Waals surface area (Å²) in [5.74, 6) is 1.94. The molecule has 23 heavy (non-hydrogen) atoms. The molecule has 0 atom stereocenters. The van der Waals surface area contributed by atoms with E-state index >= 15 is 0 Å². The van der Waals surface area contributed by atoms with Crippen LogP contribution in [0.2, 0.25) is 0 Å². The van der Waals surface area contributed by atoms with E-state index in [9.17, 15) is 0 Å². The SMILES string of the molecule is Cc1cc(C)n2nc(SCc3coc(-c4cccs4)n3)nc2n1. The van der Waals surface area contributed by atoms with E-state index in [1.165, 1.54) is 11.8 Å². The summed E-state index contributed by atoms with van der Waals surface area (Å²) in [6.45, 7) is 3.95. The van der Waals surface area contributed by atoms with Crippen molar-refractivity contribution in [1.29, 1.82) is 0 Å². The predicted molar refractivity (Wildman–Crippen MR) is 89.6 cm³/mol. The minimum atomic E-state index is 0.629. The van der Waals surface area contributed by atoms with Gasteiger partial charge >= 0.3 is 0 Å². The maximum Gasteiger partial charge on any atom is 0.253 e. The first-order chi connectivity index (χ1) is 11.2. The molecule has 0 fully saturated rings. The molecule has 6 nitrogen and oxygen atoms in total. The first kappa shape index (κ1) is 14.4. The Hall–Kier alpha value is -2.19. The van der Waals surface area contributed by atoms with E-state index in [-0.39, 0.29) is 0 Å². The lowest BCUT2D eigenvalue weighted by atomic mass is 10.4. The number of oxazole rings is 1. The topological polar surface area (TPSA) is 69.1 Å². The fourth-order valence-corrected chi connectivity index (χ4v) is 3.58. The van der Waals surface area contributed by atoms with Crippen molar-refractivity contribution >= 4 is 28.9 Å². The summed E-state index contributed by atoms with van der Waals surface area (Å²) in [6, 6.07) is 5.96. The molecule has 0 radical (unpaired) electrons. The highest BCUT2D eigenvalue weighted by Crippen LogP contribution is 2.26. The Morgan fingerprint density at radius 3 is 3.00 bits per heavy atom. The van der Waals surface area contributed by atoms with Crippen LogP contribution in [0.5, 0.6) is 0 Å². The number of aromatic nitrogens is 5. The molecule has 4 rings (SSSR count). The number of thioether (sulfide) groups is 1. The van der Waals surface area contributed by atoms with Crippen molar-refractivity contribution in [3.05, 3.63) is 46.9 Å². The van der Waals surface area contributed by atoms with Crippen LogP contribution < -0.4 is 0 Å². The Labute approximate surface area is 140 Å². The van der Waals surface area contributed by atoms with Crippen molar-refractivity contribution in [2.24, 2.45) is 0 Å². The van der Waals surface area contributed by atoms with E-state index < -0.39 is 0 Å². The van der Waals surface area contributed by atoms with Gasteiger partial charge in [0.15, 0.2) is 0 Å². The minimum Gasteiger partial charge on any atom is -0.444 e. The maximum absolute atomic E-state index is 5.52. The second-order valence-corrected chi connectivity index (χ2v) is 6.95. The van der Waals surface area contributed by atoms with Gasteiger partial charge in [0.2, 0.25) is 11.0 Å². The Bertz CT molecular complexity index is 958. The predicted octanol–water partition coefficient (Wildman–Crippen LogP) is 3.75. The maximum atomic E-state index is 5.52. The van der Waals surface area contributed by atoms with Gasteiger partial charge in [-0.15, -0.1) is 16.4 Å². The van der Waals surface area contributed by atoms with Gasteiger partial charge in [0.25, 0.3) is 5.78 Å². The average Bonchev–Trinajstić information content (AvgIpc) is 3.24. The molecular weight excluding hydrogens is 330 g/mol. The Kier molecular flexibility index (Phi) is 3.62. The third kappa shape index (κ3) is 2.87. The number of aryl methyl sites for hydroxylation is 2. The fraction of sp³-hybridized carbons (Fsp3) is 0.200. The molecule has 0 spiro atoms. The normalized spacial score (nSPS) is 11.4. The molecule has 0 bridgehead atoms. The standard InChI is InChI=1S/C15H13N5OS2/c1-9-6-10(2)20-14(16-9)18-15(19-20)23-8-11-7-21-13(17-11)12-4-3-5-22-12/h3-7H,8H2,1-2H3. The fourth-order valence-electron chi connectivity index (χ4n) is 2.23. The van der Waals surface area contributed by atoms with Crippen LogP contribution in [0.25, 0.3) is 16.5 Å².